The molecule has 3 rings (SSSR count). The summed E-state index contributed by atoms with van der Waals surface area (Å²) in [6.45, 7) is 4.74. The molecule has 160 valence electrons. The molecule has 1 atom stereocenters. The van der Waals surface area contributed by atoms with Crippen LogP contribution >= 0.6 is 11.6 Å². The zero-order valence-corrected chi connectivity index (χ0v) is 18.7. The lowest BCUT2D eigenvalue weighted by molar-refractivity contribution is 0.315. The number of nitrogens with one attached hydrogen (secondary N) is 1. The van der Waals surface area contributed by atoms with E-state index in [9.17, 15) is 0 Å². The fraction of sp³-hybridized carbons (Fsp3) is 0.348. The number of fused-ring (bicyclic) bond motifs is 1. The SMILES string of the molecule is COc1cc(CNC(C)(C)C(N)c2ccnc3cc(Cl)ccc23)cc(OC)c1OC. The summed E-state index contributed by atoms with van der Waals surface area (Å²) in [6.07, 6.45) is 1.77. The minimum absolute atomic E-state index is 0.272. The molecule has 0 radical (unpaired) electrons. The Labute approximate surface area is 182 Å². The lowest BCUT2D eigenvalue weighted by Gasteiger charge is -2.34. The van der Waals surface area contributed by atoms with Crippen LogP contribution in [0.1, 0.15) is 31.0 Å². The van der Waals surface area contributed by atoms with Crippen LogP contribution in [-0.2, 0) is 6.54 Å². The zero-order valence-electron chi connectivity index (χ0n) is 18.0. The standard InChI is InChI=1S/C23H28ClN3O3/c1-23(2,22(25)17-8-9-26-18-12-15(24)6-7-16(17)18)27-13-14-10-19(28-3)21(30-5)20(11-14)29-4/h6-12,22,27H,13,25H2,1-5H3. The van der Waals surface area contributed by atoms with Gasteiger partial charge in [-0.15, -0.1) is 0 Å². The molecule has 7 heteroatoms. The molecule has 3 N–H and O–H groups in total. The summed E-state index contributed by atoms with van der Waals surface area (Å²) in [4.78, 5) is 4.42. The van der Waals surface area contributed by atoms with Crippen molar-refractivity contribution in [2.24, 2.45) is 5.73 Å². The number of benzene rings is 2. The zero-order chi connectivity index (χ0) is 21.9. The van der Waals surface area contributed by atoms with E-state index in [0.717, 1.165) is 22.0 Å². The highest BCUT2D eigenvalue weighted by Gasteiger charge is 2.29. The molecule has 30 heavy (non-hydrogen) atoms. The molecule has 0 saturated carbocycles. The van der Waals surface area contributed by atoms with Crippen LogP contribution < -0.4 is 25.3 Å². The third kappa shape index (κ3) is 4.46. The molecule has 0 fully saturated rings. The van der Waals surface area contributed by atoms with E-state index in [0.29, 0.717) is 28.8 Å². The minimum Gasteiger partial charge on any atom is -0.493 e. The van der Waals surface area contributed by atoms with Crippen LogP contribution in [0.2, 0.25) is 5.02 Å². The van der Waals surface area contributed by atoms with Gasteiger partial charge < -0.3 is 25.3 Å². The van der Waals surface area contributed by atoms with Crippen molar-refractivity contribution >= 4 is 22.5 Å². The van der Waals surface area contributed by atoms with Crippen LogP contribution in [-0.4, -0.2) is 31.9 Å². The fourth-order valence-electron chi connectivity index (χ4n) is 3.48. The maximum Gasteiger partial charge on any atom is 0.203 e. The lowest BCUT2D eigenvalue weighted by atomic mass is 9.87. The first-order chi connectivity index (χ1) is 14.3. The largest absolute Gasteiger partial charge is 0.493 e. The quantitative estimate of drug-likeness (QED) is 0.549. The predicted octanol–water partition coefficient (Wildman–Crippen LogP) is 4.48. The first kappa shape index (κ1) is 22.2. The van der Waals surface area contributed by atoms with Gasteiger partial charge in [0.05, 0.1) is 26.8 Å². The maximum atomic E-state index is 6.71. The molecule has 6 nitrogen and oxygen atoms in total. The number of hydrogen-bond acceptors (Lipinski definition) is 6. The number of ether oxygens (including phenoxy) is 3. The van der Waals surface area contributed by atoms with Crippen molar-refractivity contribution in [1.29, 1.82) is 0 Å². The van der Waals surface area contributed by atoms with Gasteiger partial charge in [-0.25, -0.2) is 0 Å². The number of aromatic nitrogens is 1. The van der Waals surface area contributed by atoms with Gasteiger partial charge >= 0.3 is 0 Å². The van der Waals surface area contributed by atoms with Crippen LogP contribution in [0.25, 0.3) is 10.9 Å². The van der Waals surface area contributed by atoms with Gasteiger partial charge in [0.25, 0.3) is 0 Å². The number of nitrogens with zero attached hydrogens (tertiary/aromatic N) is 1. The van der Waals surface area contributed by atoms with Gasteiger partial charge in [0.1, 0.15) is 0 Å². The highest BCUT2D eigenvalue weighted by Crippen LogP contribution is 2.38. The first-order valence-corrected chi connectivity index (χ1v) is 10.0. The average Bonchev–Trinajstić information content (AvgIpc) is 2.75. The maximum absolute atomic E-state index is 6.71. The van der Waals surface area contributed by atoms with E-state index in [1.807, 2.05) is 36.4 Å². The number of pyridine rings is 1. The molecule has 0 spiro atoms. The molecule has 3 aromatic rings. The topological polar surface area (TPSA) is 78.6 Å². The molecular weight excluding hydrogens is 402 g/mol. The number of methoxy groups -OCH3 is 3. The Morgan fingerprint density at radius 3 is 2.30 bits per heavy atom. The van der Waals surface area contributed by atoms with E-state index in [-0.39, 0.29) is 6.04 Å². The number of rotatable bonds is 8. The minimum atomic E-state index is -0.408. The summed E-state index contributed by atoms with van der Waals surface area (Å²) in [7, 11) is 4.80. The van der Waals surface area contributed by atoms with E-state index in [2.05, 4.69) is 24.1 Å². The van der Waals surface area contributed by atoms with Crippen LogP contribution in [0.5, 0.6) is 17.2 Å². The molecule has 1 unspecified atom stereocenters. The van der Waals surface area contributed by atoms with Gasteiger partial charge in [0.2, 0.25) is 5.75 Å². The monoisotopic (exact) mass is 429 g/mol. The van der Waals surface area contributed by atoms with Crippen molar-refractivity contribution in [3.8, 4) is 17.2 Å². The van der Waals surface area contributed by atoms with Gasteiger partial charge in [-0.2, -0.15) is 0 Å². The van der Waals surface area contributed by atoms with Gasteiger partial charge in [-0.1, -0.05) is 17.7 Å². The highest BCUT2D eigenvalue weighted by molar-refractivity contribution is 6.31. The molecule has 0 amide bonds. The second-order valence-electron chi connectivity index (χ2n) is 7.65. The van der Waals surface area contributed by atoms with E-state index in [1.54, 1.807) is 27.5 Å². The summed E-state index contributed by atoms with van der Waals surface area (Å²) in [5, 5.41) is 5.22. The highest BCUT2D eigenvalue weighted by atomic mass is 35.5. The van der Waals surface area contributed by atoms with E-state index < -0.39 is 5.54 Å². The Morgan fingerprint density at radius 1 is 1.03 bits per heavy atom. The van der Waals surface area contributed by atoms with Crippen molar-refractivity contribution in [1.82, 2.24) is 10.3 Å². The molecule has 0 aliphatic rings. The van der Waals surface area contributed by atoms with E-state index in [4.69, 9.17) is 31.5 Å². The fourth-order valence-corrected chi connectivity index (χ4v) is 3.65. The molecule has 1 heterocycles. The summed E-state index contributed by atoms with van der Waals surface area (Å²) in [5.74, 6) is 1.81. The van der Waals surface area contributed by atoms with Crippen LogP contribution in [0, 0.1) is 0 Å². The van der Waals surface area contributed by atoms with Crippen molar-refractivity contribution in [3.63, 3.8) is 0 Å². The average molecular weight is 430 g/mol. The third-order valence-corrected chi connectivity index (χ3v) is 5.56. The van der Waals surface area contributed by atoms with Gasteiger partial charge in [-0.3, -0.25) is 4.98 Å². The predicted molar refractivity (Wildman–Crippen MR) is 121 cm³/mol. The van der Waals surface area contributed by atoms with Crippen LogP contribution in [0.4, 0.5) is 0 Å². The molecule has 0 saturated heterocycles. The van der Waals surface area contributed by atoms with Crippen molar-refractivity contribution < 1.29 is 14.2 Å². The van der Waals surface area contributed by atoms with E-state index >= 15 is 0 Å². The molecule has 1 aromatic heterocycles. The van der Waals surface area contributed by atoms with Crippen molar-refractivity contribution in [3.05, 3.63) is 58.7 Å². The Morgan fingerprint density at radius 2 is 1.70 bits per heavy atom. The van der Waals surface area contributed by atoms with Gasteiger partial charge in [0, 0.05) is 34.7 Å². The normalized spacial score (nSPS) is 12.6. The van der Waals surface area contributed by atoms with Crippen LogP contribution in [0.3, 0.4) is 0 Å². The van der Waals surface area contributed by atoms with Crippen LogP contribution in [0.15, 0.2) is 42.6 Å². The summed E-state index contributed by atoms with van der Waals surface area (Å²) in [6, 6.07) is 11.2. The summed E-state index contributed by atoms with van der Waals surface area (Å²) in [5.41, 5.74) is 9.14. The Hall–Kier alpha value is -2.54. The number of halogens is 1. The number of hydrogen-bond donors (Lipinski definition) is 2. The van der Waals surface area contributed by atoms with E-state index in [1.165, 1.54) is 0 Å². The summed E-state index contributed by atoms with van der Waals surface area (Å²) < 4.78 is 16.3. The third-order valence-electron chi connectivity index (χ3n) is 5.32. The Balaban J connectivity index is 1.85. The van der Waals surface area contributed by atoms with Gasteiger partial charge in [0.15, 0.2) is 11.5 Å². The Kier molecular flexibility index (Phi) is 6.71. The molecule has 0 aliphatic heterocycles. The van der Waals surface area contributed by atoms with Crippen molar-refractivity contribution in [2.45, 2.75) is 32.0 Å². The summed E-state index contributed by atoms with van der Waals surface area (Å²) >= 11 is 6.12. The first-order valence-electron chi connectivity index (χ1n) is 9.64. The molecular formula is C23H28ClN3O3. The molecule has 0 aliphatic carbocycles. The molecule has 0 bridgehead atoms. The van der Waals surface area contributed by atoms with Crippen molar-refractivity contribution in [2.75, 3.05) is 21.3 Å². The second-order valence-corrected chi connectivity index (χ2v) is 8.08. The molecule has 2 aromatic carbocycles. The Bertz CT molecular complexity index is 1010. The lowest BCUT2D eigenvalue weighted by Crippen LogP contribution is -2.48. The van der Waals surface area contributed by atoms with Gasteiger partial charge in [-0.05, 0) is 55.3 Å². The second kappa shape index (κ2) is 9.08. The smallest absolute Gasteiger partial charge is 0.203 e. The number of nitrogens with two attached hydrogens (primary N) is 1.